The second-order valence-electron chi connectivity index (χ2n) is 2.21. The van der Waals surface area contributed by atoms with Gasteiger partial charge in [0.05, 0.1) is 5.69 Å². The van der Waals surface area contributed by atoms with Crippen LogP contribution in [0.15, 0.2) is 0 Å². The molecule has 0 saturated heterocycles. The summed E-state index contributed by atoms with van der Waals surface area (Å²) in [5.74, 6) is 0.217. The maximum Gasteiger partial charge on any atom is 0.156 e. The largest absolute Gasteiger partial charge is 0.505 e. The van der Waals surface area contributed by atoms with E-state index < -0.39 is 0 Å². The predicted octanol–water partition coefficient (Wildman–Crippen LogP) is 0.737. The summed E-state index contributed by atoms with van der Waals surface area (Å²) >= 11 is 0. The zero-order valence-corrected chi connectivity index (χ0v) is 6.18. The molecule has 0 aliphatic rings. The topological polar surface area (TPSA) is 85.8 Å². The molecule has 1 rings (SSSR count). The van der Waals surface area contributed by atoms with Gasteiger partial charge in [-0.05, 0) is 6.42 Å². The number of nitrogen functional groups attached to an aromatic ring is 1. The van der Waals surface area contributed by atoms with Gasteiger partial charge in [0.15, 0.2) is 5.75 Å². The first-order valence-corrected chi connectivity index (χ1v) is 3.30. The van der Waals surface area contributed by atoms with Gasteiger partial charge in [0.2, 0.25) is 0 Å². The molecule has 4 N–H and O–H groups in total. The van der Waals surface area contributed by atoms with Gasteiger partial charge in [0.25, 0.3) is 0 Å². The number of hydrogen-bond acceptors (Lipinski definition) is 3. The van der Waals surface area contributed by atoms with Crippen molar-refractivity contribution in [2.75, 3.05) is 5.73 Å². The number of rotatable bonds is 1. The Hall–Kier alpha value is -1.63. The van der Waals surface area contributed by atoms with Crippen LogP contribution in [0.5, 0.6) is 5.75 Å². The summed E-state index contributed by atoms with van der Waals surface area (Å²) in [5.41, 5.74) is 6.14. The molecule has 0 atom stereocenters. The summed E-state index contributed by atoms with van der Waals surface area (Å²) in [4.78, 5) is 2.72. The Morgan fingerprint density at radius 2 is 2.36 bits per heavy atom. The first-order valence-electron chi connectivity index (χ1n) is 3.30. The van der Waals surface area contributed by atoms with Crippen molar-refractivity contribution in [2.24, 2.45) is 0 Å². The van der Waals surface area contributed by atoms with Crippen molar-refractivity contribution in [2.45, 2.75) is 13.3 Å². The Morgan fingerprint density at radius 3 is 2.64 bits per heavy atom. The molecular formula is C7H9N3O. The quantitative estimate of drug-likeness (QED) is 0.553. The number of nitrogens with zero attached hydrogens (tertiary/aromatic N) is 1. The van der Waals surface area contributed by atoms with Crippen LogP contribution in [0.2, 0.25) is 0 Å². The molecule has 0 aliphatic carbocycles. The van der Waals surface area contributed by atoms with E-state index in [9.17, 15) is 5.11 Å². The normalized spacial score (nSPS) is 9.45. The zero-order chi connectivity index (χ0) is 8.43. The molecule has 0 spiro atoms. The molecule has 0 amide bonds. The number of aromatic nitrogens is 1. The van der Waals surface area contributed by atoms with Crippen LogP contribution in [-0.4, -0.2) is 10.1 Å². The van der Waals surface area contributed by atoms with E-state index in [2.05, 4.69) is 4.98 Å². The summed E-state index contributed by atoms with van der Waals surface area (Å²) in [6.07, 6.45) is 0.637. The monoisotopic (exact) mass is 151 g/mol. The summed E-state index contributed by atoms with van der Waals surface area (Å²) in [6.45, 7) is 1.87. The van der Waals surface area contributed by atoms with Crippen LogP contribution in [0.1, 0.15) is 18.2 Å². The fraction of sp³-hybridized carbons (Fsp3) is 0.286. The molecule has 0 radical (unpaired) electrons. The Labute approximate surface area is 64.3 Å². The van der Waals surface area contributed by atoms with Crippen molar-refractivity contribution in [3.63, 3.8) is 0 Å². The number of H-pyrrole nitrogens is 1. The van der Waals surface area contributed by atoms with E-state index in [0.29, 0.717) is 12.1 Å². The van der Waals surface area contributed by atoms with Crippen LogP contribution in [0.3, 0.4) is 0 Å². The highest BCUT2D eigenvalue weighted by Gasteiger charge is 2.12. The SMILES string of the molecule is CCc1[nH]c(N)c(C#N)c1O. The van der Waals surface area contributed by atoms with Gasteiger partial charge in [-0.3, -0.25) is 0 Å². The summed E-state index contributed by atoms with van der Waals surface area (Å²) < 4.78 is 0. The van der Waals surface area contributed by atoms with Crippen molar-refractivity contribution in [1.29, 1.82) is 5.26 Å². The molecule has 58 valence electrons. The van der Waals surface area contributed by atoms with Gasteiger partial charge in [-0.2, -0.15) is 5.26 Å². The molecule has 1 aromatic rings. The number of aryl methyl sites for hydroxylation is 1. The van der Waals surface area contributed by atoms with E-state index in [-0.39, 0.29) is 17.1 Å². The first-order chi connectivity index (χ1) is 5.20. The predicted molar refractivity (Wildman–Crippen MR) is 41.0 cm³/mol. The zero-order valence-electron chi connectivity index (χ0n) is 6.18. The number of hydrogen-bond donors (Lipinski definition) is 3. The van der Waals surface area contributed by atoms with Crippen molar-refractivity contribution in [3.05, 3.63) is 11.3 Å². The lowest BCUT2D eigenvalue weighted by molar-refractivity contribution is 0.468. The van der Waals surface area contributed by atoms with Gasteiger partial charge in [-0.25, -0.2) is 0 Å². The van der Waals surface area contributed by atoms with Crippen LogP contribution in [0, 0.1) is 11.3 Å². The minimum absolute atomic E-state index is 0.0208. The van der Waals surface area contributed by atoms with Crippen molar-refractivity contribution in [3.8, 4) is 11.8 Å². The fourth-order valence-electron chi connectivity index (χ4n) is 0.932. The molecular weight excluding hydrogens is 142 g/mol. The molecule has 11 heavy (non-hydrogen) atoms. The third-order valence-corrected chi connectivity index (χ3v) is 1.54. The number of nitriles is 1. The molecule has 0 saturated carbocycles. The summed E-state index contributed by atoms with van der Waals surface area (Å²) in [5, 5.41) is 17.8. The number of nitrogens with one attached hydrogen (secondary N) is 1. The maximum atomic E-state index is 9.28. The number of aromatic hydroxyl groups is 1. The van der Waals surface area contributed by atoms with Crippen molar-refractivity contribution < 1.29 is 5.11 Å². The number of nitrogens with two attached hydrogens (primary N) is 1. The van der Waals surface area contributed by atoms with Crippen molar-refractivity contribution in [1.82, 2.24) is 4.98 Å². The molecule has 0 fully saturated rings. The molecule has 0 unspecified atom stereocenters. The van der Waals surface area contributed by atoms with E-state index in [0.717, 1.165) is 0 Å². The van der Waals surface area contributed by atoms with Crippen LogP contribution in [-0.2, 0) is 6.42 Å². The number of aromatic amines is 1. The minimum Gasteiger partial charge on any atom is -0.505 e. The molecule has 1 aromatic heterocycles. The van der Waals surface area contributed by atoms with E-state index >= 15 is 0 Å². The first kappa shape index (κ1) is 7.48. The van der Waals surface area contributed by atoms with Gasteiger partial charge in [0.1, 0.15) is 17.5 Å². The van der Waals surface area contributed by atoms with E-state index in [1.807, 2.05) is 13.0 Å². The van der Waals surface area contributed by atoms with Crippen LogP contribution in [0.4, 0.5) is 5.82 Å². The van der Waals surface area contributed by atoms with Crippen LogP contribution in [0.25, 0.3) is 0 Å². The third kappa shape index (κ3) is 1.01. The minimum atomic E-state index is -0.0208. The van der Waals surface area contributed by atoms with Gasteiger partial charge in [-0.15, -0.1) is 0 Å². The van der Waals surface area contributed by atoms with E-state index in [4.69, 9.17) is 11.0 Å². The van der Waals surface area contributed by atoms with Crippen molar-refractivity contribution >= 4 is 5.82 Å². The smallest absolute Gasteiger partial charge is 0.156 e. The molecule has 0 bridgehead atoms. The highest BCUT2D eigenvalue weighted by molar-refractivity contribution is 5.60. The Bertz CT molecular complexity index is 308. The third-order valence-electron chi connectivity index (χ3n) is 1.54. The fourth-order valence-corrected chi connectivity index (χ4v) is 0.932. The van der Waals surface area contributed by atoms with E-state index in [1.54, 1.807) is 0 Å². The maximum absolute atomic E-state index is 9.28. The molecule has 0 aliphatic heterocycles. The van der Waals surface area contributed by atoms with Gasteiger partial charge in [-0.1, -0.05) is 6.92 Å². The average Bonchev–Trinajstić information content (AvgIpc) is 2.26. The van der Waals surface area contributed by atoms with Gasteiger partial charge >= 0.3 is 0 Å². The lowest BCUT2D eigenvalue weighted by atomic mass is 10.2. The lowest BCUT2D eigenvalue weighted by Crippen LogP contribution is -1.87. The standard InChI is InChI=1S/C7H9N3O/c1-2-5-6(11)4(3-8)7(9)10-5/h10-11H,2,9H2,1H3. The second-order valence-corrected chi connectivity index (χ2v) is 2.21. The van der Waals surface area contributed by atoms with E-state index in [1.165, 1.54) is 0 Å². The molecule has 4 nitrogen and oxygen atoms in total. The van der Waals surface area contributed by atoms with Crippen LogP contribution < -0.4 is 5.73 Å². The highest BCUT2D eigenvalue weighted by Crippen LogP contribution is 2.26. The average molecular weight is 151 g/mol. The molecule has 1 heterocycles. The van der Waals surface area contributed by atoms with Gasteiger partial charge in [0, 0.05) is 0 Å². The summed E-state index contributed by atoms with van der Waals surface area (Å²) in [7, 11) is 0. The van der Waals surface area contributed by atoms with Gasteiger partial charge < -0.3 is 15.8 Å². The summed E-state index contributed by atoms with van der Waals surface area (Å²) in [6, 6.07) is 1.81. The Kier molecular flexibility index (Phi) is 1.73. The molecule has 0 aromatic carbocycles. The van der Waals surface area contributed by atoms with Crippen LogP contribution >= 0.6 is 0 Å². The second kappa shape index (κ2) is 2.54. The Balaban J connectivity index is 3.28. The number of anilines is 1. The lowest BCUT2D eigenvalue weighted by Gasteiger charge is -1.89. The Morgan fingerprint density at radius 1 is 1.73 bits per heavy atom. The highest BCUT2D eigenvalue weighted by atomic mass is 16.3. The molecule has 4 heteroatoms.